The van der Waals surface area contributed by atoms with Crippen molar-refractivity contribution in [1.82, 2.24) is 4.90 Å². The summed E-state index contributed by atoms with van der Waals surface area (Å²) >= 11 is 0. The van der Waals surface area contributed by atoms with Crippen molar-refractivity contribution >= 4 is 11.8 Å². The van der Waals surface area contributed by atoms with Crippen molar-refractivity contribution in [2.75, 3.05) is 0 Å². The van der Waals surface area contributed by atoms with E-state index in [-0.39, 0.29) is 24.2 Å². The van der Waals surface area contributed by atoms with Crippen LogP contribution in [0.5, 0.6) is 0 Å². The van der Waals surface area contributed by atoms with Crippen LogP contribution in [-0.4, -0.2) is 16.7 Å². The van der Waals surface area contributed by atoms with E-state index in [1.807, 2.05) is 24.3 Å². The van der Waals surface area contributed by atoms with Gasteiger partial charge in [0.2, 0.25) is 0 Å². The van der Waals surface area contributed by atoms with Crippen LogP contribution in [0.2, 0.25) is 0 Å². The van der Waals surface area contributed by atoms with Crippen LogP contribution in [0, 0.1) is 5.82 Å². The predicted molar refractivity (Wildman–Crippen MR) is 92.5 cm³/mol. The molecule has 0 bridgehead atoms. The zero-order valence-electron chi connectivity index (χ0n) is 13.3. The van der Waals surface area contributed by atoms with E-state index in [0.717, 1.165) is 16.7 Å². The Kier molecular flexibility index (Phi) is 3.65. The molecule has 3 aromatic carbocycles. The largest absolute Gasteiger partial charge is 0.270 e. The van der Waals surface area contributed by atoms with Gasteiger partial charge in [-0.1, -0.05) is 42.5 Å². The fourth-order valence-corrected chi connectivity index (χ4v) is 3.06. The number of halogens is 1. The van der Waals surface area contributed by atoms with Crippen LogP contribution < -0.4 is 0 Å². The second-order valence-corrected chi connectivity index (χ2v) is 5.95. The SMILES string of the molecule is O=C1c2ccccc2C(=O)N1Cc1cccc(-c2ccc(F)cc2)c1. The van der Waals surface area contributed by atoms with Crippen molar-refractivity contribution < 1.29 is 14.0 Å². The highest BCUT2D eigenvalue weighted by molar-refractivity contribution is 6.21. The lowest BCUT2D eigenvalue weighted by Gasteiger charge is -2.14. The molecule has 0 saturated carbocycles. The second-order valence-electron chi connectivity index (χ2n) is 5.95. The second kappa shape index (κ2) is 5.98. The maximum absolute atomic E-state index is 13.1. The predicted octanol–water partition coefficient (Wildman–Crippen LogP) is 4.29. The molecule has 4 rings (SSSR count). The van der Waals surface area contributed by atoms with Gasteiger partial charge in [-0.15, -0.1) is 0 Å². The van der Waals surface area contributed by atoms with Gasteiger partial charge in [0.25, 0.3) is 11.8 Å². The quantitative estimate of drug-likeness (QED) is 0.672. The smallest absolute Gasteiger partial charge is 0.261 e. The maximum Gasteiger partial charge on any atom is 0.261 e. The summed E-state index contributed by atoms with van der Waals surface area (Å²) in [6, 6.07) is 20.6. The van der Waals surface area contributed by atoms with Gasteiger partial charge in [0.1, 0.15) is 5.82 Å². The van der Waals surface area contributed by atoms with Crippen molar-refractivity contribution in [3.05, 3.63) is 95.3 Å². The number of carbonyl (C=O) groups excluding carboxylic acids is 2. The van der Waals surface area contributed by atoms with Gasteiger partial charge in [0.15, 0.2) is 0 Å². The van der Waals surface area contributed by atoms with Gasteiger partial charge in [0, 0.05) is 0 Å². The molecule has 2 amide bonds. The van der Waals surface area contributed by atoms with Gasteiger partial charge in [0.05, 0.1) is 17.7 Å². The molecule has 0 fully saturated rings. The minimum absolute atomic E-state index is 0.210. The Bertz CT molecular complexity index is 944. The Morgan fingerprint density at radius 2 is 1.36 bits per heavy atom. The van der Waals surface area contributed by atoms with Gasteiger partial charge in [-0.3, -0.25) is 14.5 Å². The van der Waals surface area contributed by atoms with E-state index in [0.29, 0.717) is 11.1 Å². The molecule has 1 aliphatic heterocycles. The lowest BCUT2D eigenvalue weighted by Crippen LogP contribution is -2.29. The first-order chi connectivity index (χ1) is 12.1. The highest BCUT2D eigenvalue weighted by Gasteiger charge is 2.34. The van der Waals surface area contributed by atoms with E-state index < -0.39 is 0 Å². The standard InChI is InChI=1S/C21H14FNO2/c22-17-10-8-15(9-11-17)16-5-3-4-14(12-16)13-23-20(24)18-6-1-2-7-19(18)21(23)25/h1-12H,13H2. The average molecular weight is 331 g/mol. The summed E-state index contributed by atoms with van der Waals surface area (Å²) in [5.41, 5.74) is 3.53. The van der Waals surface area contributed by atoms with Crippen molar-refractivity contribution in [2.24, 2.45) is 0 Å². The van der Waals surface area contributed by atoms with E-state index in [9.17, 15) is 14.0 Å². The molecule has 25 heavy (non-hydrogen) atoms. The first-order valence-corrected chi connectivity index (χ1v) is 7.93. The third-order valence-electron chi connectivity index (χ3n) is 4.32. The first-order valence-electron chi connectivity index (χ1n) is 7.93. The summed E-state index contributed by atoms with van der Waals surface area (Å²) in [5.74, 6) is -0.827. The molecule has 0 unspecified atom stereocenters. The molecule has 3 nitrogen and oxygen atoms in total. The minimum atomic E-state index is -0.286. The molecule has 0 radical (unpaired) electrons. The Morgan fingerprint density at radius 1 is 0.720 bits per heavy atom. The van der Waals surface area contributed by atoms with Crippen LogP contribution in [0.4, 0.5) is 4.39 Å². The van der Waals surface area contributed by atoms with Crippen LogP contribution in [-0.2, 0) is 6.54 Å². The Morgan fingerprint density at radius 3 is 2.00 bits per heavy atom. The number of carbonyl (C=O) groups is 2. The van der Waals surface area contributed by atoms with Gasteiger partial charge < -0.3 is 0 Å². The normalized spacial score (nSPS) is 13.2. The molecule has 3 aromatic rings. The average Bonchev–Trinajstić information content (AvgIpc) is 2.88. The van der Waals surface area contributed by atoms with Gasteiger partial charge in [-0.2, -0.15) is 0 Å². The van der Waals surface area contributed by atoms with E-state index >= 15 is 0 Å². The molecule has 1 aliphatic rings. The van der Waals surface area contributed by atoms with E-state index in [2.05, 4.69) is 0 Å². The van der Waals surface area contributed by atoms with E-state index in [1.165, 1.54) is 17.0 Å². The van der Waals surface area contributed by atoms with Crippen molar-refractivity contribution in [3.63, 3.8) is 0 Å². The zero-order chi connectivity index (χ0) is 17.4. The molecule has 0 aromatic heterocycles. The molecule has 0 aliphatic carbocycles. The summed E-state index contributed by atoms with van der Waals surface area (Å²) in [4.78, 5) is 26.2. The Balaban J connectivity index is 1.62. The Hall–Kier alpha value is -3.27. The molecular formula is C21H14FNO2. The summed E-state index contributed by atoms with van der Waals surface area (Å²) in [6.07, 6.45) is 0. The topological polar surface area (TPSA) is 37.4 Å². The van der Waals surface area contributed by atoms with Crippen LogP contribution in [0.15, 0.2) is 72.8 Å². The third-order valence-corrected chi connectivity index (χ3v) is 4.32. The number of hydrogen-bond donors (Lipinski definition) is 0. The highest BCUT2D eigenvalue weighted by Crippen LogP contribution is 2.26. The maximum atomic E-state index is 13.1. The first kappa shape index (κ1) is 15.3. The fraction of sp³-hybridized carbons (Fsp3) is 0.0476. The number of hydrogen-bond acceptors (Lipinski definition) is 2. The van der Waals surface area contributed by atoms with Gasteiger partial charge in [-0.25, -0.2) is 4.39 Å². The van der Waals surface area contributed by atoms with Crippen molar-refractivity contribution in [1.29, 1.82) is 0 Å². The number of nitrogens with zero attached hydrogens (tertiary/aromatic N) is 1. The van der Waals surface area contributed by atoms with Crippen LogP contribution >= 0.6 is 0 Å². The number of fused-ring (bicyclic) bond motifs is 1. The summed E-state index contributed by atoms with van der Waals surface area (Å²) in [7, 11) is 0. The number of rotatable bonds is 3. The molecular weight excluding hydrogens is 317 g/mol. The lowest BCUT2D eigenvalue weighted by atomic mass is 10.0. The minimum Gasteiger partial charge on any atom is -0.270 e. The third kappa shape index (κ3) is 2.72. The van der Waals surface area contributed by atoms with Gasteiger partial charge in [-0.05, 0) is 47.0 Å². The summed E-state index contributed by atoms with van der Waals surface area (Å²) < 4.78 is 13.1. The Labute approximate surface area is 144 Å². The van der Waals surface area contributed by atoms with E-state index in [4.69, 9.17) is 0 Å². The zero-order valence-corrected chi connectivity index (χ0v) is 13.3. The molecule has 4 heteroatoms. The molecule has 1 heterocycles. The summed E-state index contributed by atoms with van der Waals surface area (Å²) in [5, 5.41) is 0. The van der Waals surface area contributed by atoms with Crippen LogP contribution in [0.1, 0.15) is 26.3 Å². The highest BCUT2D eigenvalue weighted by atomic mass is 19.1. The monoisotopic (exact) mass is 331 g/mol. The molecule has 0 saturated heterocycles. The van der Waals surface area contributed by atoms with Crippen molar-refractivity contribution in [2.45, 2.75) is 6.54 Å². The fourth-order valence-electron chi connectivity index (χ4n) is 3.06. The van der Waals surface area contributed by atoms with Crippen molar-refractivity contribution in [3.8, 4) is 11.1 Å². The van der Waals surface area contributed by atoms with Crippen LogP contribution in [0.25, 0.3) is 11.1 Å². The number of amides is 2. The molecule has 0 spiro atoms. The van der Waals surface area contributed by atoms with Gasteiger partial charge >= 0.3 is 0 Å². The lowest BCUT2D eigenvalue weighted by molar-refractivity contribution is 0.0642. The molecule has 122 valence electrons. The number of benzene rings is 3. The van der Waals surface area contributed by atoms with Crippen LogP contribution in [0.3, 0.4) is 0 Å². The molecule has 0 atom stereocenters. The summed E-state index contributed by atoms with van der Waals surface area (Å²) in [6.45, 7) is 0.210. The van der Waals surface area contributed by atoms with E-state index in [1.54, 1.807) is 36.4 Å². The molecule has 0 N–H and O–H groups in total. The number of imide groups is 1.